The summed E-state index contributed by atoms with van der Waals surface area (Å²) in [5.41, 5.74) is 0. The molecule has 0 aromatic carbocycles. The second-order valence-corrected chi connectivity index (χ2v) is 5.54. The van der Waals surface area contributed by atoms with Crippen molar-refractivity contribution in [3.05, 3.63) is 0 Å². The van der Waals surface area contributed by atoms with Gasteiger partial charge in [0.1, 0.15) is 0 Å². The van der Waals surface area contributed by atoms with Crippen LogP contribution in [0.25, 0.3) is 0 Å². The van der Waals surface area contributed by atoms with Gasteiger partial charge in [0.2, 0.25) is 0 Å². The molecule has 0 aromatic heterocycles. The number of carbonyl (C=O) groups is 3. The van der Waals surface area contributed by atoms with Crippen LogP contribution in [0.3, 0.4) is 0 Å². The molecule has 10 heteroatoms. The van der Waals surface area contributed by atoms with Crippen molar-refractivity contribution >= 4 is 39.0 Å². The number of carboxylic acids is 3. The van der Waals surface area contributed by atoms with E-state index in [2.05, 4.69) is 12.6 Å². The average Bonchev–Trinajstić information content (AvgIpc) is 2.34. The van der Waals surface area contributed by atoms with Crippen LogP contribution in [0.4, 0.5) is 0 Å². The van der Waals surface area contributed by atoms with E-state index >= 15 is 0 Å². The highest BCUT2D eigenvalue weighted by Crippen LogP contribution is 2.38. The Morgan fingerprint density at radius 1 is 1.15 bits per heavy atom. The van der Waals surface area contributed by atoms with E-state index in [0.717, 1.165) is 0 Å². The standard InChI is InChI=1S/C10H15O8PS/c11-7(12)2-1-6(9(15)16)10(17,19-18)3-5(4-20)8(13)14/h5-6,17,20H,1-4H2,(H,11,12)(H,13,14)(H,15,16). The molecule has 3 unspecified atom stereocenters. The molecule has 0 aromatic rings. The predicted molar refractivity (Wildman–Crippen MR) is 70.1 cm³/mol. The molecule has 0 bridgehead atoms. The van der Waals surface area contributed by atoms with Crippen LogP contribution in [0.15, 0.2) is 0 Å². The van der Waals surface area contributed by atoms with Crippen LogP contribution in [0.5, 0.6) is 0 Å². The van der Waals surface area contributed by atoms with Crippen molar-refractivity contribution < 1.29 is 39.4 Å². The maximum Gasteiger partial charge on any atom is 0.310 e. The van der Waals surface area contributed by atoms with Crippen molar-refractivity contribution in [1.29, 1.82) is 0 Å². The van der Waals surface area contributed by atoms with Gasteiger partial charge in [0.25, 0.3) is 0 Å². The van der Waals surface area contributed by atoms with Crippen molar-refractivity contribution in [1.82, 2.24) is 0 Å². The van der Waals surface area contributed by atoms with Gasteiger partial charge in [0.05, 0.1) is 11.8 Å². The quantitative estimate of drug-likeness (QED) is 0.289. The summed E-state index contributed by atoms with van der Waals surface area (Å²) in [4.78, 5) is 32.4. The number of hydrogen-bond acceptors (Lipinski definition) is 6. The Morgan fingerprint density at radius 2 is 1.70 bits per heavy atom. The number of carboxylic acid groups (broad SMARTS) is 3. The molecule has 0 heterocycles. The lowest BCUT2D eigenvalue weighted by Crippen LogP contribution is -2.41. The highest BCUT2D eigenvalue weighted by Gasteiger charge is 2.45. The van der Waals surface area contributed by atoms with Gasteiger partial charge in [-0.25, -0.2) is 0 Å². The van der Waals surface area contributed by atoms with Crippen LogP contribution in [-0.2, 0) is 18.9 Å². The molecule has 0 aliphatic carbocycles. The number of aliphatic carboxylic acids is 3. The van der Waals surface area contributed by atoms with Crippen molar-refractivity contribution in [2.45, 2.75) is 24.6 Å². The first-order valence-corrected chi connectivity index (χ1v) is 6.97. The molecular weight excluding hydrogens is 311 g/mol. The minimum Gasteiger partial charge on any atom is -0.481 e. The van der Waals surface area contributed by atoms with Crippen LogP contribution >= 0.6 is 21.1 Å². The molecule has 0 spiro atoms. The molecule has 0 saturated carbocycles. The van der Waals surface area contributed by atoms with Gasteiger partial charge in [-0.2, -0.15) is 12.6 Å². The van der Waals surface area contributed by atoms with E-state index in [1.54, 1.807) is 0 Å². The van der Waals surface area contributed by atoms with Crippen molar-refractivity contribution in [3.8, 4) is 0 Å². The van der Waals surface area contributed by atoms with Gasteiger partial charge in [-0.3, -0.25) is 18.9 Å². The smallest absolute Gasteiger partial charge is 0.310 e. The normalized spacial score (nSPS) is 17.1. The van der Waals surface area contributed by atoms with Crippen molar-refractivity contribution in [3.63, 3.8) is 0 Å². The minimum atomic E-state index is -2.35. The second kappa shape index (κ2) is 8.18. The van der Waals surface area contributed by atoms with Crippen molar-refractivity contribution in [2.24, 2.45) is 11.8 Å². The van der Waals surface area contributed by atoms with E-state index in [-0.39, 0.29) is 5.75 Å². The molecule has 0 aliphatic rings. The molecule has 0 rings (SSSR count). The van der Waals surface area contributed by atoms with Gasteiger partial charge >= 0.3 is 17.9 Å². The lowest BCUT2D eigenvalue weighted by atomic mass is 9.89. The van der Waals surface area contributed by atoms with Crippen LogP contribution in [-0.4, -0.2) is 49.4 Å². The molecule has 114 valence electrons. The zero-order valence-electron chi connectivity index (χ0n) is 10.3. The van der Waals surface area contributed by atoms with Crippen LogP contribution in [0, 0.1) is 11.8 Å². The Morgan fingerprint density at radius 3 is 2.00 bits per heavy atom. The summed E-state index contributed by atoms with van der Waals surface area (Å²) in [6, 6.07) is 0. The molecule has 0 saturated heterocycles. The van der Waals surface area contributed by atoms with E-state index in [4.69, 9.17) is 15.3 Å². The van der Waals surface area contributed by atoms with Gasteiger partial charge in [-0.05, 0) is 6.42 Å². The first-order chi connectivity index (χ1) is 9.17. The maximum atomic E-state index is 11.1. The Labute approximate surface area is 121 Å². The fourth-order valence-electron chi connectivity index (χ4n) is 1.66. The Kier molecular flexibility index (Phi) is 7.70. The van der Waals surface area contributed by atoms with Gasteiger partial charge in [0.15, 0.2) is 13.8 Å². The van der Waals surface area contributed by atoms with Gasteiger partial charge in [0, 0.05) is 18.6 Å². The largest absolute Gasteiger partial charge is 0.481 e. The summed E-state index contributed by atoms with van der Waals surface area (Å²) in [5.74, 6) is -7.16. The Bertz CT molecular complexity index is 401. The monoisotopic (exact) mass is 326 g/mol. The van der Waals surface area contributed by atoms with Gasteiger partial charge < -0.3 is 20.4 Å². The summed E-state index contributed by atoms with van der Waals surface area (Å²) in [6.07, 6.45) is -1.61. The first-order valence-electron chi connectivity index (χ1n) is 5.53. The lowest BCUT2D eigenvalue weighted by Gasteiger charge is -2.29. The summed E-state index contributed by atoms with van der Waals surface area (Å²) in [5, 5.41) is 34.2. The molecular formula is C10H15O8PS. The second-order valence-electron chi connectivity index (χ2n) is 4.21. The predicted octanol–water partition coefficient (Wildman–Crippen LogP) is 0.553. The highest BCUT2D eigenvalue weighted by atomic mass is 32.1. The van der Waals surface area contributed by atoms with E-state index < -0.39 is 62.8 Å². The summed E-state index contributed by atoms with van der Waals surface area (Å²) in [6.45, 7) is 0. The number of hydrogen-bond donors (Lipinski definition) is 5. The summed E-state index contributed by atoms with van der Waals surface area (Å²) in [7, 11) is -0.971. The van der Waals surface area contributed by atoms with E-state index in [1.165, 1.54) is 0 Å². The SMILES string of the molecule is O=PC(O)(CC(CS)C(=O)O)C(CCC(=O)O)C(=O)O. The van der Waals surface area contributed by atoms with Crippen LogP contribution < -0.4 is 0 Å². The third-order valence-corrected chi connectivity index (χ3v) is 4.03. The highest BCUT2D eigenvalue weighted by molar-refractivity contribution is 7.80. The van der Waals surface area contributed by atoms with Crippen LogP contribution in [0.1, 0.15) is 19.3 Å². The molecule has 8 nitrogen and oxygen atoms in total. The number of aliphatic hydroxyl groups is 1. The molecule has 3 atom stereocenters. The fraction of sp³-hybridized carbons (Fsp3) is 0.700. The maximum absolute atomic E-state index is 11.1. The Balaban J connectivity index is 5.20. The summed E-state index contributed by atoms with van der Waals surface area (Å²) < 4.78 is 11.1. The number of thiol groups is 1. The van der Waals surface area contributed by atoms with E-state index in [9.17, 15) is 24.1 Å². The third kappa shape index (κ3) is 5.44. The molecule has 0 radical (unpaired) electrons. The fourth-order valence-corrected chi connectivity index (χ4v) is 2.60. The van der Waals surface area contributed by atoms with Gasteiger partial charge in [-0.15, -0.1) is 0 Å². The minimum absolute atomic E-state index is 0.182. The molecule has 20 heavy (non-hydrogen) atoms. The van der Waals surface area contributed by atoms with E-state index in [0.29, 0.717) is 0 Å². The van der Waals surface area contributed by atoms with Gasteiger partial charge in [-0.1, -0.05) is 0 Å². The molecule has 0 amide bonds. The molecule has 4 N–H and O–H groups in total. The summed E-state index contributed by atoms with van der Waals surface area (Å²) >= 11 is 3.77. The lowest BCUT2D eigenvalue weighted by molar-refractivity contribution is -0.152. The zero-order chi connectivity index (χ0) is 15.9. The third-order valence-electron chi connectivity index (χ3n) is 2.78. The van der Waals surface area contributed by atoms with Crippen LogP contribution in [0.2, 0.25) is 0 Å². The Hall–Kier alpha value is -1.18. The first kappa shape index (κ1) is 18.8. The molecule has 0 aliphatic heterocycles. The molecule has 0 fully saturated rings. The van der Waals surface area contributed by atoms with E-state index in [1.807, 2.05) is 0 Å². The zero-order valence-corrected chi connectivity index (χ0v) is 12.1. The van der Waals surface area contributed by atoms with Crippen molar-refractivity contribution in [2.75, 3.05) is 5.75 Å². The topological polar surface area (TPSA) is 149 Å². The number of rotatable bonds is 10. The average molecular weight is 326 g/mol.